The third-order valence-electron chi connectivity index (χ3n) is 2.36. The predicted octanol–water partition coefficient (Wildman–Crippen LogP) is 3.27. The van der Waals surface area contributed by atoms with E-state index in [2.05, 4.69) is 35.6 Å². The Morgan fingerprint density at radius 3 is 2.29 bits per heavy atom. The van der Waals surface area contributed by atoms with Crippen LogP contribution < -0.4 is 5.32 Å². The molecule has 1 aromatic carbocycles. The predicted molar refractivity (Wildman–Crippen MR) is 75.5 cm³/mol. The van der Waals surface area contributed by atoms with Gasteiger partial charge in [0.2, 0.25) is 0 Å². The summed E-state index contributed by atoms with van der Waals surface area (Å²) in [5.41, 5.74) is 1.43. The molecule has 0 saturated carbocycles. The smallest absolute Gasteiger partial charge is 0.0474 e. The van der Waals surface area contributed by atoms with Crippen LogP contribution in [0.25, 0.3) is 0 Å². The van der Waals surface area contributed by atoms with E-state index >= 15 is 0 Å². The van der Waals surface area contributed by atoms with Crippen molar-refractivity contribution in [2.45, 2.75) is 33.1 Å². The van der Waals surface area contributed by atoms with Gasteiger partial charge >= 0.3 is 0 Å². The quantitative estimate of drug-likeness (QED) is 0.701. The largest absolute Gasteiger partial charge is 0.385 e. The molecule has 0 radical (unpaired) electrons. The van der Waals surface area contributed by atoms with Crippen molar-refractivity contribution in [3.05, 3.63) is 35.9 Å². The summed E-state index contributed by atoms with van der Waals surface area (Å²) in [7, 11) is 1.75. The van der Waals surface area contributed by atoms with Crippen molar-refractivity contribution in [3.63, 3.8) is 0 Å². The number of hydrogen-bond acceptors (Lipinski definition) is 2. The maximum Gasteiger partial charge on any atom is 0.0474 e. The molecule has 2 heteroatoms. The van der Waals surface area contributed by atoms with Crippen LogP contribution in [0.1, 0.15) is 32.3 Å². The Bertz CT molecular complexity index is 236. The van der Waals surface area contributed by atoms with Gasteiger partial charge in [0.05, 0.1) is 0 Å². The summed E-state index contributed by atoms with van der Waals surface area (Å²) in [4.78, 5) is 0. The lowest BCUT2D eigenvalue weighted by Crippen LogP contribution is -2.18. The molecule has 0 aliphatic rings. The first-order valence-corrected chi connectivity index (χ1v) is 6.67. The van der Waals surface area contributed by atoms with Crippen LogP contribution in [-0.2, 0) is 11.2 Å². The Morgan fingerprint density at radius 2 is 1.65 bits per heavy atom. The van der Waals surface area contributed by atoms with E-state index < -0.39 is 0 Å². The van der Waals surface area contributed by atoms with Crippen molar-refractivity contribution in [1.29, 1.82) is 0 Å². The van der Waals surface area contributed by atoms with Gasteiger partial charge in [-0.3, -0.25) is 0 Å². The van der Waals surface area contributed by atoms with Gasteiger partial charge in [-0.05, 0) is 37.9 Å². The number of ether oxygens (including phenoxy) is 1. The highest BCUT2D eigenvalue weighted by molar-refractivity contribution is 5.14. The molecule has 0 heterocycles. The summed E-state index contributed by atoms with van der Waals surface area (Å²) in [5, 5.41) is 3.41. The SMILES string of the molecule is CC.COCCCNCCCc1ccccc1. The highest BCUT2D eigenvalue weighted by atomic mass is 16.5. The second-order valence-electron chi connectivity index (χ2n) is 3.69. The Balaban J connectivity index is 0.00000121. The van der Waals surface area contributed by atoms with Crippen LogP contribution in [0, 0.1) is 0 Å². The first-order chi connectivity index (χ1) is 8.43. The highest BCUT2D eigenvalue weighted by Gasteiger charge is 1.91. The molecular formula is C15H27NO. The molecule has 0 fully saturated rings. The fraction of sp³-hybridized carbons (Fsp3) is 0.600. The molecule has 1 N–H and O–H groups in total. The number of rotatable bonds is 8. The van der Waals surface area contributed by atoms with E-state index in [1.807, 2.05) is 13.8 Å². The van der Waals surface area contributed by atoms with Crippen LogP contribution in [0.15, 0.2) is 30.3 Å². The van der Waals surface area contributed by atoms with Crippen LogP contribution in [0.2, 0.25) is 0 Å². The van der Waals surface area contributed by atoms with E-state index in [0.717, 1.165) is 32.5 Å². The molecular weight excluding hydrogens is 210 g/mol. The molecule has 17 heavy (non-hydrogen) atoms. The maximum absolute atomic E-state index is 4.98. The summed E-state index contributed by atoms with van der Waals surface area (Å²) in [5.74, 6) is 0. The lowest BCUT2D eigenvalue weighted by molar-refractivity contribution is 0.194. The molecule has 1 rings (SSSR count). The normalized spacial score (nSPS) is 9.59. The van der Waals surface area contributed by atoms with Crippen LogP contribution in [-0.4, -0.2) is 26.8 Å². The Labute approximate surface area is 106 Å². The van der Waals surface area contributed by atoms with Gasteiger partial charge in [0.15, 0.2) is 0 Å². The zero-order valence-corrected chi connectivity index (χ0v) is 11.5. The minimum Gasteiger partial charge on any atom is -0.385 e. The van der Waals surface area contributed by atoms with Crippen molar-refractivity contribution < 1.29 is 4.74 Å². The van der Waals surface area contributed by atoms with Gasteiger partial charge < -0.3 is 10.1 Å². The van der Waals surface area contributed by atoms with Crippen LogP contribution in [0.4, 0.5) is 0 Å². The molecule has 98 valence electrons. The van der Waals surface area contributed by atoms with Gasteiger partial charge in [-0.2, -0.15) is 0 Å². The molecule has 0 aromatic heterocycles. The number of benzene rings is 1. The van der Waals surface area contributed by atoms with E-state index in [9.17, 15) is 0 Å². The van der Waals surface area contributed by atoms with Gasteiger partial charge in [-0.1, -0.05) is 44.2 Å². The molecule has 0 aliphatic carbocycles. The van der Waals surface area contributed by atoms with Crippen LogP contribution in [0.5, 0.6) is 0 Å². The fourth-order valence-corrected chi connectivity index (χ4v) is 1.53. The monoisotopic (exact) mass is 237 g/mol. The standard InChI is InChI=1S/C13H21NO.C2H6/c1-15-12-6-11-14-10-5-9-13-7-3-2-4-8-13;1-2/h2-4,7-8,14H,5-6,9-12H2,1H3;1-2H3. The molecule has 0 bridgehead atoms. The first-order valence-electron chi connectivity index (χ1n) is 6.67. The average molecular weight is 237 g/mol. The van der Waals surface area contributed by atoms with Crippen LogP contribution in [0.3, 0.4) is 0 Å². The molecule has 0 unspecified atom stereocenters. The molecule has 0 atom stereocenters. The zero-order chi connectivity index (χ0) is 12.8. The van der Waals surface area contributed by atoms with Gasteiger partial charge in [-0.25, -0.2) is 0 Å². The minimum atomic E-state index is 0.853. The topological polar surface area (TPSA) is 21.3 Å². The summed E-state index contributed by atoms with van der Waals surface area (Å²) in [6.45, 7) is 7.01. The van der Waals surface area contributed by atoms with Crippen molar-refractivity contribution in [2.75, 3.05) is 26.8 Å². The summed E-state index contributed by atoms with van der Waals surface area (Å²) in [6.07, 6.45) is 3.47. The van der Waals surface area contributed by atoms with Gasteiger partial charge in [0.1, 0.15) is 0 Å². The second kappa shape index (κ2) is 13.2. The first kappa shape index (κ1) is 16.1. The third kappa shape index (κ3) is 10.0. The number of aryl methyl sites for hydroxylation is 1. The summed E-state index contributed by atoms with van der Waals surface area (Å²) in [6, 6.07) is 10.6. The molecule has 0 saturated heterocycles. The minimum absolute atomic E-state index is 0.853. The highest BCUT2D eigenvalue weighted by Crippen LogP contribution is 2.01. The maximum atomic E-state index is 4.98. The third-order valence-corrected chi connectivity index (χ3v) is 2.36. The second-order valence-corrected chi connectivity index (χ2v) is 3.69. The van der Waals surface area contributed by atoms with Crippen molar-refractivity contribution in [1.82, 2.24) is 5.32 Å². The van der Waals surface area contributed by atoms with Gasteiger partial charge in [-0.15, -0.1) is 0 Å². The van der Waals surface area contributed by atoms with Crippen molar-refractivity contribution in [2.24, 2.45) is 0 Å². The number of methoxy groups -OCH3 is 1. The average Bonchev–Trinajstić information content (AvgIpc) is 2.41. The van der Waals surface area contributed by atoms with Gasteiger partial charge in [0, 0.05) is 13.7 Å². The summed E-state index contributed by atoms with van der Waals surface area (Å²) < 4.78 is 4.98. The van der Waals surface area contributed by atoms with E-state index in [0.29, 0.717) is 0 Å². The van der Waals surface area contributed by atoms with E-state index in [4.69, 9.17) is 4.74 Å². The zero-order valence-electron chi connectivity index (χ0n) is 11.5. The number of hydrogen-bond donors (Lipinski definition) is 1. The molecule has 0 amide bonds. The lowest BCUT2D eigenvalue weighted by atomic mass is 10.1. The Kier molecular flexibility index (Phi) is 12.5. The Hall–Kier alpha value is -0.860. The molecule has 0 spiro atoms. The molecule has 0 aliphatic heterocycles. The Morgan fingerprint density at radius 1 is 1.00 bits per heavy atom. The molecule has 1 aromatic rings. The van der Waals surface area contributed by atoms with E-state index in [1.165, 1.54) is 12.0 Å². The molecule has 2 nitrogen and oxygen atoms in total. The lowest BCUT2D eigenvalue weighted by Gasteiger charge is -2.04. The van der Waals surface area contributed by atoms with Crippen LogP contribution >= 0.6 is 0 Å². The van der Waals surface area contributed by atoms with Gasteiger partial charge in [0.25, 0.3) is 0 Å². The fourth-order valence-electron chi connectivity index (χ4n) is 1.53. The van der Waals surface area contributed by atoms with E-state index in [1.54, 1.807) is 7.11 Å². The van der Waals surface area contributed by atoms with E-state index in [-0.39, 0.29) is 0 Å². The summed E-state index contributed by atoms with van der Waals surface area (Å²) >= 11 is 0. The number of nitrogens with one attached hydrogen (secondary N) is 1. The van der Waals surface area contributed by atoms with Crippen molar-refractivity contribution in [3.8, 4) is 0 Å². The van der Waals surface area contributed by atoms with Crippen molar-refractivity contribution >= 4 is 0 Å².